The van der Waals surface area contributed by atoms with Crippen LogP contribution in [0.15, 0.2) is 60.8 Å². The van der Waals surface area contributed by atoms with Crippen LogP contribution in [0.2, 0.25) is 0 Å². The van der Waals surface area contributed by atoms with Gasteiger partial charge in [0.2, 0.25) is 0 Å². The highest BCUT2D eigenvalue weighted by atomic mass is 32.1. The van der Waals surface area contributed by atoms with E-state index in [2.05, 4.69) is 126 Å². The first kappa shape index (κ1) is 88.0. The maximum atomic E-state index is 12.5. The second-order valence-electron chi connectivity index (χ2n) is 23.0. The zero-order valence-corrected chi connectivity index (χ0v) is 58.1. The van der Waals surface area contributed by atoms with Crippen LogP contribution in [-0.2, 0) is 57.2 Å². The number of hydrogen-bond donors (Lipinski definition) is 3. The lowest BCUT2D eigenvalue weighted by atomic mass is 10.0. The molecule has 0 aliphatic heterocycles. The molecule has 15 heteroatoms. The van der Waals surface area contributed by atoms with Gasteiger partial charge in [-0.2, -0.15) is 0 Å². The fourth-order valence-electron chi connectivity index (χ4n) is 9.03. The predicted molar refractivity (Wildman–Crippen MR) is 368 cm³/mol. The Kier molecular flexibility index (Phi) is 73.5. The molecule has 0 heterocycles. The monoisotopic (exact) mass is 1260 g/mol. The largest absolute Gasteiger partial charge is 0.462 e. The minimum Gasteiger partial charge on any atom is -0.462 e. The molecule has 0 radical (unpaired) electrons. The van der Waals surface area contributed by atoms with Gasteiger partial charge >= 0.3 is 35.8 Å². The molecule has 0 aromatic carbocycles. The van der Waals surface area contributed by atoms with Gasteiger partial charge in [-0.05, 0) is 155 Å². The van der Waals surface area contributed by atoms with E-state index in [0.29, 0.717) is 44.6 Å². The van der Waals surface area contributed by atoms with Crippen molar-refractivity contribution in [3.63, 3.8) is 0 Å². The number of carbonyl (C=O) groups excluding carboxylic acids is 6. The number of unbranched alkanes of at least 4 members (excludes halogenated alkanes) is 23. The number of hydrogen-bond acceptors (Lipinski definition) is 15. The fraction of sp³-hybridized carbons (Fsp3) is 0.781. The van der Waals surface area contributed by atoms with Crippen molar-refractivity contribution in [2.24, 2.45) is 5.14 Å². The standard InChI is InChI=1S/C37H67NO6.C36H62O6.H3NS/c1-5-8-11-13-15-17-19-23-28-35(39)42-31-34(44-37(41)30-24-20-18-16-14-12-9-6-2)32-43-36(40)29-25-21-22-27-33(38-4)26-10-7-3;1-4-7-10-13-16-19-22-25-28-34(37)40-31-33(42-36(39)30-27-24-21-18-15-12-9-6-3)32-41-35(38)29-26-23-20-17-14-11-8-5-2;1-2/h11-14,33-34,38H,5-10,15-32H2,1-4H3;10-15,33H,4-9,16-32H2,1-3H3;2H,1H2/b13-11-,14-12-;13-10-,14-11-,15-12-;. The van der Waals surface area contributed by atoms with Gasteiger partial charge in [-0.3, -0.25) is 33.9 Å². The number of esters is 6. The second kappa shape index (κ2) is 73.5. The van der Waals surface area contributed by atoms with Crippen LogP contribution in [-0.4, -0.2) is 87.5 Å². The maximum Gasteiger partial charge on any atom is 0.306 e. The van der Waals surface area contributed by atoms with Gasteiger partial charge < -0.3 is 33.7 Å². The summed E-state index contributed by atoms with van der Waals surface area (Å²) in [7, 11) is 2.01. The first-order valence-corrected chi connectivity index (χ1v) is 35.7. The van der Waals surface area contributed by atoms with E-state index in [0.717, 1.165) is 218 Å². The number of nitrogens with two attached hydrogens (primary N) is 1. The highest BCUT2D eigenvalue weighted by Crippen LogP contribution is 2.15. The highest BCUT2D eigenvalue weighted by molar-refractivity contribution is 7.77. The number of nitrogens with one attached hydrogen (secondary N) is 1. The summed E-state index contributed by atoms with van der Waals surface area (Å²) in [4.78, 5) is 74.2. The Morgan fingerprint density at radius 2 is 0.534 bits per heavy atom. The van der Waals surface area contributed by atoms with Gasteiger partial charge in [0.25, 0.3) is 0 Å². The van der Waals surface area contributed by atoms with E-state index in [9.17, 15) is 28.8 Å². The van der Waals surface area contributed by atoms with Crippen molar-refractivity contribution in [3.05, 3.63) is 60.8 Å². The van der Waals surface area contributed by atoms with Gasteiger partial charge in [-0.1, -0.05) is 192 Å². The summed E-state index contributed by atoms with van der Waals surface area (Å²) in [6.07, 6.45) is 60.3. The molecule has 2 atom stereocenters. The highest BCUT2D eigenvalue weighted by Gasteiger charge is 2.21. The van der Waals surface area contributed by atoms with Crippen molar-refractivity contribution in [1.82, 2.24) is 5.32 Å². The maximum absolute atomic E-state index is 12.5. The zero-order valence-electron chi connectivity index (χ0n) is 57.2. The minimum atomic E-state index is -0.786. The molecule has 0 rings (SSSR count). The first-order valence-electron chi connectivity index (χ1n) is 35.2. The van der Waals surface area contributed by atoms with Crippen LogP contribution in [0.3, 0.4) is 0 Å². The first-order chi connectivity index (χ1) is 43.0. The molecule has 0 aliphatic rings. The Morgan fingerprint density at radius 1 is 0.307 bits per heavy atom. The Hall–Kier alpha value is -4.21. The van der Waals surface area contributed by atoms with Crippen LogP contribution in [0.25, 0.3) is 0 Å². The molecule has 0 aromatic heterocycles. The third kappa shape index (κ3) is 69.3. The minimum absolute atomic E-state index is 0.0933. The second-order valence-corrected chi connectivity index (χ2v) is 23.0. The summed E-state index contributed by atoms with van der Waals surface area (Å²) in [5, 5.41) is 7.58. The topological polar surface area (TPSA) is 196 Å². The van der Waals surface area contributed by atoms with E-state index >= 15 is 0 Å². The molecule has 2 unspecified atom stereocenters. The molecule has 512 valence electrons. The molecule has 0 fully saturated rings. The van der Waals surface area contributed by atoms with E-state index in [4.69, 9.17) is 28.4 Å². The summed E-state index contributed by atoms with van der Waals surface area (Å²) in [5.41, 5.74) is 0. The van der Waals surface area contributed by atoms with Gasteiger partial charge in [-0.15, -0.1) is 12.8 Å². The van der Waals surface area contributed by atoms with Crippen LogP contribution < -0.4 is 10.5 Å². The van der Waals surface area contributed by atoms with E-state index in [1.807, 2.05) is 7.05 Å². The quantitative estimate of drug-likeness (QED) is 0.0171. The normalized spacial score (nSPS) is 12.1. The van der Waals surface area contributed by atoms with Crippen LogP contribution >= 0.6 is 12.8 Å². The number of rotatable bonds is 60. The number of allylic oxidation sites excluding steroid dienone is 10. The predicted octanol–water partition coefficient (Wildman–Crippen LogP) is 19.0. The van der Waals surface area contributed by atoms with Gasteiger partial charge in [-0.25, -0.2) is 0 Å². The Labute approximate surface area is 543 Å². The zero-order chi connectivity index (χ0) is 65.5. The Balaban J connectivity index is -0.00000160. The summed E-state index contributed by atoms with van der Waals surface area (Å²) in [6, 6.07) is 0.537. The van der Waals surface area contributed by atoms with Gasteiger partial charge in [0.1, 0.15) is 26.4 Å². The van der Waals surface area contributed by atoms with E-state index < -0.39 is 12.2 Å². The van der Waals surface area contributed by atoms with Crippen molar-refractivity contribution < 1.29 is 57.2 Å². The summed E-state index contributed by atoms with van der Waals surface area (Å²) in [6.45, 7) is 12.7. The third-order valence-electron chi connectivity index (χ3n) is 14.4. The molecule has 0 aromatic rings. The average Bonchev–Trinajstić information content (AvgIpc) is 3.55. The third-order valence-corrected chi connectivity index (χ3v) is 14.4. The number of ether oxygens (including phenoxy) is 6. The van der Waals surface area contributed by atoms with E-state index in [-0.39, 0.29) is 62.2 Å². The molecular formula is C73H132N2O12S. The molecule has 88 heavy (non-hydrogen) atoms. The molecule has 0 saturated carbocycles. The van der Waals surface area contributed by atoms with Crippen molar-refractivity contribution >= 4 is 48.6 Å². The molecule has 0 amide bonds. The van der Waals surface area contributed by atoms with E-state index in [1.54, 1.807) is 0 Å². The van der Waals surface area contributed by atoms with E-state index in [1.165, 1.54) is 19.3 Å². The molecule has 14 nitrogen and oxygen atoms in total. The van der Waals surface area contributed by atoms with Gasteiger partial charge in [0, 0.05) is 44.6 Å². The van der Waals surface area contributed by atoms with Crippen molar-refractivity contribution in [3.8, 4) is 0 Å². The summed E-state index contributed by atoms with van der Waals surface area (Å²) >= 11 is 3.03. The van der Waals surface area contributed by atoms with Gasteiger partial charge in [0.15, 0.2) is 12.2 Å². The fourth-order valence-corrected chi connectivity index (χ4v) is 9.03. The molecule has 0 saturated heterocycles. The number of thiol groups is 1. The summed E-state index contributed by atoms with van der Waals surface area (Å²) < 4.78 is 32.8. The smallest absolute Gasteiger partial charge is 0.306 e. The lowest BCUT2D eigenvalue weighted by Crippen LogP contribution is -2.30. The average molecular weight is 1260 g/mol. The van der Waals surface area contributed by atoms with Crippen molar-refractivity contribution in [2.75, 3.05) is 33.5 Å². The molecule has 0 aliphatic carbocycles. The molecule has 3 N–H and O–H groups in total. The lowest BCUT2D eigenvalue weighted by molar-refractivity contribution is -0.167. The molecular weight excluding hydrogens is 1130 g/mol. The Morgan fingerprint density at radius 3 is 0.773 bits per heavy atom. The van der Waals surface area contributed by atoms with Crippen LogP contribution in [0.5, 0.6) is 0 Å². The van der Waals surface area contributed by atoms with Gasteiger partial charge in [0.05, 0.1) is 0 Å². The molecule has 0 bridgehead atoms. The lowest BCUT2D eigenvalue weighted by Gasteiger charge is -2.18. The van der Waals surface area contributed by atoms with Crippen molar-refractivity contribution in [2.45, 2.75) is 336 Å². The molecule has 0 spiro atoms. The van der Waals surface area contributed by atoms with Crippen LogP contribution in [0.4, 0.5) is 0 Å². The van der Waals surface area contributed by atoms with Crippen LogP contribution in [0.1, 0.15) is 318 Å². The van der Waals surface area contributed by atoms with Crippen LogP contribution in [0, 0.1) is 0 Å². The van der Waals surface area contributed by atoms with Crippen molar-refractivity contribution in [1.29, 1.82) is 0 Å². The SMILES string of the molecule is CCC/C=C\CCCCCC(=O)OCC(COC(=O)CCCCC/C=C\CCC)OC(=O)CCCCC/C=C\CCC.CCC/C=C\CCCCCC(=O)OCC(COC(=O)CCCCCC(CCCC)NC)OC(=O)CCCCC/C=C\CCC.NS. The Bertz CT molecular complexity index is 1710. The summed E-state index contributed by atoms with van der Waals surface area (Å²) in [5.74, 6) is -1.93. The number of carbonyl (C=O) groups is 6.